The number of phenolic OH excluding ortho intramolecular Hbond substituents is 1. The molecular formula is C13H12O5. The quantitative estimate of drug-likeness (QED) is 0.844. The highest BCUT2D eigenvalue weighted by molar-refractivity contribution is 5.92. The molecule has 0 spiro atoms. The Balaban J connectivity index is 3.04. The summed E-state index contributed by atoms with van der Waals surface area (Å²) in [7, 11) is 2.79. The number of benzene rings is 1. The molecule has 0 saturated heterocycles. The largest absolute Gasteiger partial charge is 0.504 e. The number of phenols is 1. The third-order valence-electron chi connectivity index (χ3n) is 2.66. The van der Waals surface area contributed by atoms with E-state index in [1.54, 1.807) is 12.1 Å². The van der Waals surface area contributed by atoms with Crippen LogP contribution in [0.2, 0.25) is 0 Å². The van der Waals surface area contributed by atoms with Gasteiger partial charge in [0.05, 0.1) is 19.6 Å². The molecule has 5 heteroatoms. The summed E-state index contributed by atoms with van der Waals surface area (Å²) >= 11 is 0. The molecule has 5 nitrogen and oxygen atoms in total. The van der Waals surface area contributed by atoms with Crippen LogP contribution in [0.4, 0.5) is 0 Å². The highest BCUT2D eigenvalue weighted by atomic mass is 16.5. The Morgan fingerprint density at radius 3 is 2.44 bits per heavy atom. The fourth-order valence-corrected chi connectivity index (χ4v) is 1.81. The fraction of sp³-hybridized carbons (Fsp3) is 0.154. The molecule has 0 heterocycles. The zero-order chi connectivity index (χ0) is 13.3. The zero-order valence-electron chi connectivity index (χ0n) is 9.93. The first kappa shape index (κ1) is 12.0. The molecule has 0 bridgehead atoms. The van der Waals surface area contributed by atoms with Gasteiger partial charge in [-0.05, 0) is 17.5 Å². The van der Waals surface area contributed by atoms with Gasteiger partial charge in [-0.25, -0.2) is 0 Å². The topological polar surface area (TPSA) is 76.0 Å². The summed E-state index contributed by atoms with van der Waals surface area (Å²) in [5.74, 6) is -0.406. The van der Waals surface area contributed by atoms with E-state index in [2.05, 4.69) is 0 Å². The first-order valence-corrected chi connectivity index (χ1v) is 5.20. The number of rotatable bonds is 2. The van der Waals surface area contributed by atoms with Crippen molar-refractivity contribution in [2.45, 2.75) is 0 Å². The van der Waals surface area contributed by atoms with E-state index in [0.29, 0.717) is 11.1 Å². The average molecular weight is 248 g/mol. The van der Waals surface area contributed by atoms with Crippen LogP contribution in [-0.4, -0.2) is 24.4 Å². The molecule has 2 N–H and O–H groups in total. The van der Waals surface area contributed by atoms with E-state index in [0.717, 1.165) is 0 Å². The van der Waals surface area contributed by atoms with Crippen LogP contribution >= 0.6 is 0 Å². The fourth-order valence-electron chi connectivity index (χ4n) is 1.81. The summed E-state index contributed by atoms with van der Waals surface area (Å²) in [6, 6.07) is 5.94. The van der Waals surface area contributed by atoms with Gasteiger partial charge in [-0.3, -0.25) is 4.79 Å². The molecule has 0 saturated carbocycles. The van der Waals surface area contributed by atoms with Gasteiger partial charge in [-0.2, -0.15) is 0 Å². The summed E-state index contributed by atoms with van der Waals surface area (Å²) in [6.07, 6.45) is 0. The summed E-state index contributed by atoms with van der Waals surface area (Å²) in [5.41, 5.74) is -0.659. The first-order chi connectivity index (χ1) is 8.60. The minimum Gasteiger partial charge on any atom is -0.504 e. The molecule has 0 aliphatic rings. The number of hydrogen-bond acceptors (Lipinski definition) is 5. The molecule has 0 aromatic heterocycles. The van der Waals surface area contributed by atoms with Crippen LogP contribution in [0, 0.1) is 0 Å². The highest BCUT2D eigenvalue weighted by Gasteiger charge is 2.16. The Labute approximate surface area is 103 Å². The van der Waals surface area contributed by atoms with E-state index < -0.39 is 11.2 Å². The van der Waals surface area contributed by atoms with Crippen LogP contribution < -0.4 is 14.9 Å². The van der Waals surface area contributed by atoms with Gasteiger partial charge in [0.15, 0.2) is 17.2 Å². The van der Waals surface area contributed by atoms with Crippen LogP contribution in [0.3, 0.4) is 0 Å². The lowest BCUT2D eigenvalue weighted by Gasteiger charge is -2.10. The molecule has 0 unspecified atom stereocenters. The second-order valence-corrected chi connectivity index (χ2v) is 3.67. The predicted octanol–water partition coefficient (Wildman–Crippen LogP) is 1.63. The van der Waals surface area contributed by atoms with Gasteiger partial charge in [0.25, 0.3) is 0 Å². The van der Waals surface area contributed by atoms with Crippen molar-refractivity contribution in [3.05, 3.63) is 34.5 Å². The molecule has 94 valence electrons. The van der Waals surface area contributed by atoms with E-state index in [1.807, 2.05) is 0 Å². The van der Waals surface area contributed by atoms with Gasteiger partial charge in [-0.1, -0.05) is 12.1 Å². The molecule has 0 radical (unpaired) electrons. The maximum atomic E-state index is 11.9. The van der Waals surface area contributed by atoms with Crippen molar-refractivity contribution in [3.8, 4) is 23.0 Å². The highest BCUT2D eigenvalue weighted by Crippen LogP contribution is 2.41. The van der Waals surface area contributed by atoms with Crippen LogP contribution in [0.5, 0.6) is 23.0 Å². The van der Waals surface area contributed by atoms with Crippen molar-refractivity contribution in [3.63, 3.8) is 0 Å². The van der Waals surface area contributed by atoms with Crippen LogP contribution in [-0.2, 0) is 0 Å². The Hall–Kier alpha value is -2.43. The number of hydrogen-bond donors (Lipinski definition) is 2. The molecule has 2 rings (SSSR count). The Kier molecular flexibility index (Phi) is 2.97. The SMILES string of the molecule is COc1cc2cccc(O)c(=O)c2c(O)c1OC. The predicted molar refractivity (Wildman–Crippen MR) is 66.7 cm³/mol. The van der Waals surface area contributed by atoms with Crippen LogP contribution in [0.15, 0.2) is 29.1 Å². The minimum absolute atomic E-state index is 0.00449. The Morgan fingerprint density at radius 2 is 1.83 bits per heavy atom. The number of fused-ring (bicyclic) bond motifs is 1. The van der Waals surface area contributed by atoms with Crippen molar-refractivity contribution in [2.75, 3.05) is 14.2 Å². The van der Waals surface area contributed by atoms with Crippen LogP contribution in [0.25, 0.3) is 10.8 Å². The van der Waals surface area contributed by atoms with E-state index >= 15 is 0 Å². The molecule has 2 aromatic carbocycles. The van der Waals surface area contributed by atoms with Crippen molar-refractivity contribution < 1.29 is 19.7 Å². The summed E-state index contributed by atoms with van der Waals surface area (Å²) in [6.45, 7) is 0. The Bertz CT molecular complexity index is 664. The van der Waals surface area contributed by atoms with Gasteiger partial charge < -0.3 is 19.7 Å². The lowest BCUT2D eigenvalue weighted by atomic mass is 10.1. The van der Waals surface area contributed by atoms with Crippen molar-refractivity contribution in [1.82, 2.24) is 0 Å². The summed E-state index contributed by atoms with van der Waals surface area (Å²) in [4.78, 5) is 11.9. The third-order valence-corrected chi connectivity index (χ3v) is 2.66. The number of methoxy groups -OCH3 is 2. The molecular weight excluding hydrogens is 236 g/mol. The minimum atomic E-state index is -0.659. The Morgan fingerprint density at radius 1 is 1.11 bits per heavy atom. The van der Waals surface area contributed by atoms with Gasteiger partial charge in [0.1, 0.15) is 0 Å². The first-order valence-electron chi connectivity index (χ1n) is 5.20. The molecule has 0 atom stereocenters. The maximum Gasteiger partial charge on any atom is 0.231 e. The van der Waals surface area contributed by atoms with Crippen molar-refractivity contribution in [2.24, 2.45) is 0 Å². The number of aromatic hydroxyl groups is 2. The van der Waals surface area contributed by atoms with Gasteiger partial charge >= 0.3 is 0 Å². The van der Waals surface area contributed by atoms with E-state index in [9.17, 15) is 15.0 Å². The van der Waals surface area contributed by atoms with E-state index in [1.165, 1.54) is 26.4 Å². The van der Waals surface area contributed by atoms with Crippen LogP contribution in [0.1, 0.15) is 0 Å². The summed E-state index contributed by atoms with van der Waals surface area (Å²) in [5, 5.41) is 20.0. The standard InChI is InChI=1S/C13H12O5/c1-17-9-6-7-4-3-5-8(14)11(15)10(7)12(16)13(9)18-2/h3-6,16H,1-2H3,(H,14,15). The average Bonchev–Trinajstić information content (AvgIpc) is 2.50. The van der Waals surface area contributed by atoms with Gasteiger partial charge in [0.2, 0.25) is 11.2 Å². The molecule has 0 fully saturated rings. The van der Waals surface area contributed by atoms with Gasteiger partial charge in [-0.15, -0.1) is 0 Å². The monoisotopic (exact) mass is 248 g/mol. The molecule has 0 aliphatic carbocycles. The second-order valence-electron chi connectivity index (χ2n) is 3.67. The zero-order valence-corrected chi connectivity index (χ0v) is 9.93. The molecule has 0 aliphatic heterocycles. The second kappa shape index (κ2) is 4.44. The number of ether oxygens (including phenoxy) is 2. The normalized spacial score (nSPS) is 10.3. The van der Waals surface area contributed by atoms with Crippen molar-refractivity contribution in [1.29, 1.82) is 0 Å². The smallest absolute Gasteiger partial charge is 0.231 e. The molecule has 2 aromatic rings. The summed E-state index contributed by atoms with van der Waals surface area (Å²) < 4.78 is 10.1. The lowest BCUT2D eigenvalue weighted by Crippen LogP contribution is -1.99. The van der Waals surface area contributed by atoms with Gasteiger partial charge in [0, 0.05) is 0 Å². The maximum absolute atomic E-state index is 11.9. The van der Waals surface area contributed by atoms with Crippen molar-refractivity contribution >= 4 is 10.8 Å². The van der Waals surface area contributed by atoms with E-state index in [-0.39, 0.29) is 16.9 Å². The molecule has 18 heavy (non-hydrogen) atoms. The molecule has 0 amide bonds. The van der Waals surface area contributed by atoms with E-state index in [4.69, 9.17) is 9.47 Å². The third kappa shape index (κ3) is 1.69. The lowest BCUT2D eigenvalue weighted by molar-refractivity contribution is 0.335.